The fourth-order valence-corrected chi connectivity index (χ4v) is 2.66. The predicted molar refractivity (Wildman–Crippen MR) is 91.3 cm³/mol. The van der Waals surface area contributed by atoms with Gasteiger partial charge in [-0.15, -0.1) is 0 Å². The smallest absolute Gasteiger partial charge is 0.184 e. The van der Waals surface area contributed by atoms with Crippen LogP contribution in [0.15, 0.2) is 10.6 Å². The van der Waals surface area contributed by atoms with E-state index in [9.17, 15) is 4.79 Å². The van der Waals surface area contributed by atoms with Crippen molar-refractivity contribution in [3.8, 4) is 0 Å². The van der Waals surface area contributed by atoms with E-state index in [1.54, 1.807) is 0 Å². The van der Waals surface area contributed by atoms with Crippen molar-refractivity contribution < 1.29 is 9.32 Å². The second-order valence-electron chi connectivity index (χ2n) is 6.28. The van der Waals surface area contributed by atoms with E-state index in [0.29, 0.717) is 12.1 Å². The van der Waals surface area contributed by atoms with Gasteiger partial charge in [-0.25, -0.2) is 0 Å². The average Bonchev–Trinajstić information content (AvgIpc) is 2.99. The van der Waals surface area contributed by atoms with Gasteiger partial charge in [-0.05, 0) is 12.8 Å². The van der Waals surface area contributed by atoms with Gasteiger partial charge in [0.1, 0.15) is 11.5 Å². The number of hydrogen-bond donors (Lipinski definition) is 0. The number of aromatic nitrogens is 1. The van der Waals surface area contributed by atoms with Crippen molar-refractivity contribution in [3.63, 3.8) is 0 Å². The van der Waals surface area contributed by atoms with E-state index in [-0.39, 0.29) is 5.78 Å². The minimum atomic E-state index is 0.136. The molecule has 22 heavy (non-hydrogen) atoms. The molecular formula is C19H33NO2. The molecule has 1 aromatic rings. The SMILES string of the molecule is CCCCCCCCCC(=O)c1cc(CCCCCC)on1. The lowest BCUT2D eigenvalue weighted by molar-refractivity contribution is 0.0970. The normalized spacial score (nSPS) is 11.0. The summed E-state index contributed by atoms with van der Waals surface area (Å²) in [7, 11) is 0. The molecule has 0 atom stereocenters. The number of ketones is 1. The lowest BCUT2D eigenvalue weighted by Crippen LogP contribution is -1.99. The maximum atomic E-state index is 12.0. The average molecular weight is 307 g/mol. The van der Waals surface area contributed by atoms with E-state index in [4.69, 9.17) is 4.52 Å². The molecule has 1 rings (SSSR count). The van der Waals surface area contributed by atoms with Crippen LogP contribution in [0, 0.1) is 0 Å². The van der Waals surface area contributed by atoms with E-state index in [0.717, 1.165) is 31.4 Å². The summed E-state index contributed by atoms with van der Waals surface area (Å²) < 4.78 is 5.27. The van der Waals surface area contributed by atoms with Crippen molar-refractivity contribution in [2.75, 3.05) is 0 Å². The summed E-state index contributed by atoms with van der Waals surface area (Å²) >= 11 is 0. The Morgan fingerprint density at radius 3 is 2.18 bits per heavy atom. The Bertz CT molecular complexity index is 398. The molecule has 3 nitrogen and oxygen atoms in total. The molecule has 3 heteroatoms. The molecular weight excluding hydrogens is 274 g/mol. The molecule has 0 spiro atoms. The zero-order valence-corrected chi connectivity index (χ0v) is 14.5. The van der Waals surface area contributed by atoms with Crippen LogP contribution in [0.25, 0.3) is 0 Å². The molecule has 0 bridgehead atoms. The maximum absolute atomic E-state index is 12.0. The minimum absolute atomic E-state index is 0.136. The number of hydrogen-bond acceptors (Lipinski definition) is 3. The van der Waals surface area contributed by atoms with Crippen LogP contribution in [-0.2, 0) is 6.42 Å². The minimum Gasteiger partial charge on any atom is -0.361 e. The van der Waals surface area contributed by atoms with Crippen LogP contribution in [0.4, 0.5) is 0 Å². The molecule has 0 N–H and O–H groups in total. The van der Waals surface area contributed by atoms with Crippen molar-refractivity contribution in [1.29, 1.82) is 0 Å². The quantitative estimate of drug-likeness (QED) is 0.307. The second kappa shape index (κ2) is 12.4. The third-order valence-electron chi connectivity index (χ3n) is 4.13. The molecule has 1 aromatic heterocycles. The first-order valence-corrected chi connectivity index (χ1v) is 9.26. The van der Waals surface area contributed by atoms with Crippen LogP contribution in [0.5, 0.6) is 0 Å². The Kier molecular flexibility index (Phi) is 10.7. The van der Waals surface area contributed by atoms with E-state index in [2.05, 4.69) is 19.0 Å². The summed E-state index contributed by atoms with van der Waals surface area (Å²) in [5, 5.41) is 3.93. The largest absolute Gasteiger partial charge is 0.361 e. The standard InChI is InChI=1S/C19H33NO2/c1-3-5-7-9-10-11-13-15-19(21)18-16-17(22-20-18)14-12-8-6-4-2/h16H,3-15H2,1-2H3. The summed E-state index contributed by atoms with van der Waals surface area (Å²) in [6, 6.07) is 1.84. The van der Waals surface area contributed by atoms with Crippen LogP contribution in [0.3, 0.4) is 0 Å². The molecule has 0 saturated heterocycles. The van der Waals surface area contributed by atoms with Gasteiger partial charge in [0, 0.05) is 18.9 Å². The number of carbonyl (C=O) groups is 1. The Morgan fingerprint density at radius 1 is 0.909 bits per heavy atom. The van der Waals surface area contributed by atoms with Gasteiger partial charge >= 0.3 is 0 Å². The van der Waals surface area contributed by atoms with Gasteiger partial charge in [-0.3, -0.25) is 4.79 Å². The first kappa shape index (κ1) is 18.9. The van der Waals surface area contributed by atoms with E-state index in [1.165, 1.54) is 51.4 Å². The zero-order valence-electron chi connectivity index (χ0n) is 14.5. The van der Waals surface area contributed by atoms with Crippen molar-refractivity contribution in [2.24, 2.45) is 0 Å². The molecule has 0 unspecified atom stereocenters. The Labute approximate surface area is 135 Å². The number of Topliss-reactive ketones (excluding diaryl/α,β-unsaturated/α-hetero) is 1. The van der Waals surface area contributed by atoms with Crippen LogP contribution < -0.4 is 0 Å². The van der Waals surface area contributed by atoms with Crippen LogP contribution in [0.1, 0.15) is 107 Å². The molecule has 0 saturated carbocycles. The highest BCUT2D eigenvalue weighted by atomic mass is 16.5. The van der Waals surface area contributed by atoms with Crippen LogP contribution in [0.2, 0.25) is 0 Å². The van der Waals surface area contributed by atoms with E-state index < -0.39 is 0 Å². The van der Waals surface area contributed by atoms with Gasteiger partial charge in [-0.2, -0.15) is 0 Å². The molecule has 1 heterocycles. The molecule has 0 amide bonds. The summed E-state index contributed by atoms with van der Waals surface area (Å²) in [6.45, 7) is 4.43. The predicted octanol–water partition coefficient (Wildman–Crippen LogP) is 6.12. The maximum Gasteiger partial charge on any atom is 0.184 e. The van der Waals surface area contributed by atoms with Crippen LogP contribution >= 0.6 is 0 Å². The first-order chi connectivity index (χ1) is 10.8. The molecule has 0 fully saturated rings. The first-order valence-electron chi connectivity index (χ1n) is 9.26. The van der Waals surface area contributed by atoms with E-state index >= 15 is 0 Å². The lowest BCUT2D eigenvalue weighted by Gasteiger charge is -1.99. The van der Waals surface area contributed by atoms with Crippen molar-refractivity contribution in [1.82, 2.24) is 5.16 Å². The fourth-order valence-electron chi connectivity index (χ4n) is 2.66. The lowest BCUT2D eigenvalue weighted by atomic mass is 10.1. The number of rotatable bonds is 14. The second-order valence-corrected chi connectivity index (χ2v) is 6.28. The Balaban J connectivity index is 2.13. The molecule has 0 aliphatic carbocycles. The zero-order chi connectivity index (χ0) is 16.0. The fraction of sp³-hybridized carbons (Fsp3) is 0.789. The molecule has 0 aliphatic rings. The van der Waals surface area contributed by atoms with Gasteiger partial charge in [-0.1, -0.05) is 76.8 Å². The third-order valence-corrected chi connectivity index (χ3v) is 4.13. The van der Waals surface area contributed by atoms with Crippen molar-refractivity contribution in [2.45, 2.75) is 97.3 Å². The number of aryl methyl sites for hydroxylation is 1. The molecule has 126 valence electrons. The highest BCUT2D eigenvalue weighted by Crippen LogP contribution is 2.14. The third kappa shape index (κ3) is 8.35. The highest BCUT2D eigenvalue weighted by Gasteiger charge is 2.12. The van der Waals surface area contributed by atoms with Gasteiger partial charge < -0.3 is 4.52 Å². The monoisotopic (exact) mass is 307 g/mol. The highest BCUT2D eigenvalue weighted by molar-refractivity contribution is 5.94. The van der Waals surface area contributed by atoms with Gasteiger partial charge in [0.25, 0.3) is 0 Å². The molecule has 0 aliphatic heterocycles. The number of carbonyl (C=O) groups excluding carboxylic acids is 1. The number of nitrogens with zero attached hydrogens (tertiary/aromatic N) is 1. The van der Waals surface area contributed by atoms with E-state index in [1.807, 2.05) is 6.07 Å². The van der Waals surface area contributed by atoms with Crippen molar-refractivity contribution >= 4 is 5.78 Å². The Hall–Kier alpha value is -1.12. The summed E-state index contributed by atoms with van der Waals surface area (Å²) in [5.74, 6) is 0.996. The summed E-state index contributed by atoms with van der Waals surface area (Å²) in [5.41, 5.74) is 0.525. The summed E-state index contributed by atoms with van der Waals surface area (Å²) in [6.07, 6.45) is 15.0. The molecule has 0 radical (unpaired) electrons. The number of unbranched alkanes of at least 4 members (excludes halogenated alkanes) is 9. The topological polar surface area (TPSA) is 43.1 Å². The molecule has 0 aromatic carbocycles. The van der Waals surface area contributed by atoms with Gasteiger partial charge in [0.05, 0.1) is 0 Å². The Morgan fingerprint density at radius 2 is 1.50 bits per heavy atom. The summed E-state index contributed by atoms with van der Waals surface area (Å²) in [4.78, 5) is 12.0. The van der Waals surface area contributed by atoms with Crippen LogP contribution in [-0.4, -0.2) is 10.9 Å². The van der Waals surface area contributed by atoms with Gasteiger partial charge in [0.2, 0.25) is 0 Å². The van der Waals surface area contributed by atoms with Gasteiger partial charge in [0.15, 0.2) is 5.78 Å². The van der Waals surface area contributed by atoms with Crippen molar-refractivity contribution in [3.05, 3.63) is 17.5 Å².